The van der Waals surface area contributed by atoms with Crippen LogP contribution in [-0.4, -0.2) is 40.2 Å². The maximum atomic E-state index is 4.55. The van der Waals surface area contributed by atoms with Gasteiger partial charge in [0.25, 0.3) is 0 Å². The Labute approximate surface area is 139 Å². The van der Waals surface area contributed by atoms with Crippen LogP contribution in [0.15, 0.2) is 5.16 Å². The lowest BCUT2D eigenvalue weighted by atomic mass is 9.85. The Morgan fingerprint density at radius 3 is 2.64 bits per heavy atom. The summed E-state index contributed by atoms with van der Waals surface area (Å²) in [6.07, 6.45) is 10.5. The molecular weight excluding hydrogens is 292 g/mol. The fourth-order valence-corrected chi connectivity index (χ4v) is 4.97. The summed E-state index contributed by atoms with van der Waals surface area (Å²) in [5, 5.41) is 10.0. The molecule has 2 fully saturated rings. The normalized spacial score (nSPS) is 33.0. The highest BCUT2D eigenvalue weighted by molar-refractivity contribution is 7.98. The number of quaternary nitrogens is 1. The van der Waals surface area contributed by atoms with Gasteiger partial charge in [-0.2, -0.15) is 0 Å². The van der Waals surface area contributed by atoms with E-state index in [0.29, 0.717) is 5.92 Å². The summed E-state index contributed by atoms with van der Waals surface area (Å²) in [4.78, 5) is 1.85. The van der Waals surface area contributed by atoms with Crippen molar-refractivity contribution in [3.63, 3.8) is 0 Å². The standard InChI is InChI=1S/C17H30N4S/c1-4-21-16(18-19-17(21)22-3)14-6-5-11-20(12-14)15-9-7-13(2)8-10-15/h13-15H,4-12H2,1-3H3/p+1/t13?,14-,15?/m1/s1. The summed E-state index contributed by atoms with van der Waals surface area (Å²) in [5.74, 6) is 2.80. The molecule has 1 saturated heterocycles. The minimum Gasteiger partial charge on any atom is -0.332 e. The predicted molar refractivity (Wildman–Crippen MR) is 91.6 cm³/mol. The van der Waals surface area contributed by atoms with Crippen molar-refractivity contribution in [3.8, 4) is 0 Å². The lowest BCUT2D eigenvalue weighted by Crippen LogP contribution is -3.17. The minimum atomic E-state index is 0.608. The minimum absolute atomic E-state index is 0.608. The molecular formula is C17H31N4S+. The largest absolute Gasteiger partial charge is 0.332 e. The van der Waals surface area contributed by atoms with Crippen LogP contribution in [0, 0.1) is 5.92 Å². The van der Waals surface area contributed by atoms with Gasteiger partial charge < -0.3 is 9.47 Å². The van der Waals surface area contributed by atoms with Gasteiger partial charge in [-0.25, -0.2) is 0 Å². The summed E-state index contributed by atoms with van der Waals surface area (Å²) in [6.45, 7) is 8.25. The molecule has 2 aliphatic rings. The summed E-state index contributed by atoms with van der Waals surface area (Å²) < 4.78 is 2.33. The molecule has 0 spiro atoms. The molecule has 0 radical (unpaired) electrons. The predicted octanol–water partition coefficient (Wildman–Crippen LogP) is 2.36. The highest BCUT2D eigenvalue weighted by Gasteiger charge is 2.34. The van der Waals surface area contributed by atoms with E-state index in [1.807, 2.05) is 4.90 Å². The number of nitrogens with zero attached hydrogens (tertiary/aromatic N) is 3. The molecule has 5 heteroatoms. The molecule has 2 atom stereocenters. The zero-order chi connectivity index (χ0) is 15.5. The van der Waals surface area contributed by atoms with Gasteiger partial charge in [-0.1, -0.05) is 18.7 Å². The van der Waals surface area contributed by atoms with Gasteiger partial charge in [-0.3, -0.25) is 0 Å². The van der Waals surface area contributed by atoms with Crippen LogP contribution >= 0.6 is 11.8 Å². The molecule has 0 aromatic carbocycles. The molecule has 2 heterocycles. The lowest BCUT2D eigenvalue weighted by molar-refractivity contribution is -0.933. The molecule has 1 aliphatic carbocycles. The monoisotopic (exact) mass is 323 g/mol. The van der Waals surface area contributed by atoms with Crippen LogP contribution in [0.1, 0.15) is 64.1 Å². The summed E-state index contributed by atoms with van der Waals surface area (Å²) >= 11 is 1.72. The Bertz CT molecular complexity index is 479. The average Bonchev–Trinajstić information content (AvgIpc) is 2.98. The van der Waals surface area contributed by atoms with Crippen molar-refractivity contribution in [2.24, 2.45) is 5.92 Å². The molecule has 1 aromatic heterocycles. The van der Waals surface area contributed by atoms with Gasteiger partial charge in [-0.05, 0) is 57.6 Å². The molecule has 0 bridgehead atoms. The van der Waals surface area contributed by atoms with Gasteiger partial charge in [0.1, 0.15) is 5.82 Å². The Morgan fingerprint density at radius 2 is 1.95 bits per heavy atom. The highest BCUT2D eigenvalue weighted by Crippen LogP contribution is 2.26. The number of aromatic nitrogens is 3. The lowest BCUT2D eigenvalue weighted by Gasteiger charge is -2.38. The van der Waals surface area contributed by atoms with Gasteiger partial charge in [0.15, 0.2) is 5.16 Å². The van der Waals surface area contributed by atoms with Gasteiger partial charge in [0, 0.05) is 6.54 Å². The number of hydrogen-bond donors (Lipinski definition) is 1. The highest BCUT2D eigenvalue weighted by atomic mass is 32.2. The Morgan fingerprint density at radius 1 is 1.18 bits per heavy atom. The second-order valence-corrected chi connectivity index (χ2v) is 7.97. The fraction of sp³-hybridized carbons (Fsp3) is 0.882. The summed E-state index contributed by atoms with van der Waals surface area (Å²) in [6, 6.07) is 0.900. The van der Waals surface area contributed by atoms with Crippen LogP contribution < -0.4 is 4.90 Å². The topological polar surface area (TPSA) is 35.1 Å². The Balaban J connectivity index is 1.69. The van der Waals surface area contributed by atoms with Gasteiger partial charge in [0.2, 0.25) is 0 Å². The molecule has 1 N–H and O–H groups in total. The van der Waals surface area contributed by atoms with E-state index in [9.17, 15) is 0 Å². The zero-order valence-electron chi connectivity index (χ0n) is 14.3. The van der Waals surface area contributed by atoms with Crippen molar-refractivity contribution in [1.82, 2.24) is 14.8 Å². The maximum Gasteiger partial charge on any atom is 0.190 e. The van der Waals surface area contributed by atoms with E-state index in [-0.39, 0.29) is 0 Å². The van der Waals surface area contributed by atoms with E-state index in [4.69, 9.17) is 0 Å². The number of hydrogen-bond acceptors (Lipinski definition) is 3. The van der Waals surface area contributed by atoms with E-state index >= 15 is 0 Å². The van der Waals surface area contributed by atoms with Crippen LogP contribution in [0.5, 0.6) is 0 Å². The van der Waals surface area contributed by atoms with E-state index in [2.05, 4.69) is 34.9 Å². The van der Waals surface area contributed by atoms with Crippen LogP contribution in [0.4, 0.5) is 0 Å². The van der Waals surface area contributed by atoms with E-state index in [1.54, 1.807) is 11.8 Å². The molecule has 1 unspecified atom stereocenters. The smallest absolute Gasteiger partial charge is 0.190 e. The van der Waals surface area contributed by atoms with Crippen molar-refractivity contribution in [1.29, 1.82) is 0 Å². The van der Waals surface area contributed by atoms with Crippen molar-refractivity contribution in [2.45, 2.75) is 76.0 Å². The first-order chi connectivity index (χ1) is 10.7. The molecule has 22 heavy (non-hydrogen) atoms. The number of piperidine rings is 1. The average molecular weight is 324 g/mol. The van der Waals surface area contributed by atoms with Crippen LogP contribution in [0.25, 0.3) is 0 Å². The van der Waals surface area contributed by atoms with Crippen LogP contribution in [0.3, 0.4) is 0 Å². The fourth-order valence-electron chi connectivity index (χ4n) is 4.41. The third-order valence-electron chi connectivity index (χ3n) is 5.76. The third kappa shape index (κ3) is 3.35. The first-order valence-corrected chi connectivity index (χ1v) is 10.3. The van der Waals surface area contributed by atoms with Crippen molar-refractivity contribution >= 4 is 11.8 Å². The van der Waals surface area contributed by atoms with Gasteiger partial charge in [-0.15, -0.1) is 10.2 Å². The SMILES string of the molecule is CCn1c(SC)nnc1[C@@H]1CCC[NH+](C2CCC(C)CC2)C1. The zero-order valence-corrected chi connectivity index (χ0v) is 15.2. The number of thioether (sulfide) groups is 1. The molecule has 1 aliphatic heterocycles. The van der Waals surface area contributed by atoms with Crippen LogP contribution in [-0.2, 0) is 6.54 Å². The number of nitrogens with one attached hydrogen (secondary N) is 1. The number of rotatable bonds is 4. The molecule has 124 valence electrons. The van der Waals surface area contributed by atoms with Gasteiger partial charge in [0.05, 0.1) is 25.0 Å². The van der Waals surface area contributed by atoms with Crippen molar-refractivity contribution in [2.75, 3.05) is 19.3 Å². The molecule has 1 aromatic rings. The first kappa shape index (κ1) is 16.3. The van der Waals surface area contributed by atoms with Crippen LogP contribution in [0.2, 0.25) is 0 Å². The quantitative estimate of drug-likeness (QED) is 0.864. The van der Waals surface area contributed by atoms with Crippen molar-refractivity contribution < 1.29 is 4.90 Å². The van der Waals surface area contributed by atoms with E-state index in [1.165, 1.54) is 57.4 Å². The first-order valence-electron chi connectivity index (χ1n) is 9.04. The molecule has 1 saturated carbocycles. The van der Waals surface area contributed by atoms with Gasteiger partial charge >= 0.3 is 0 Å². The second kappa shape index (κ2) is 7.35. The van der Waals surface area contributed by atoms with E-state index < -0.39 is 0 Å². The van der Waals surface area contributed by atoms with E-state index in [0.717, 1.165) is 23.7 Å². The molecule has 3 rings (SSSR count). The Hall–Kier alpha value is -0.550. The second-order valence-electron chi connectivity index (χ2n) is 7.20. The summed E-state index contributed by atoms with van der Waals surface area (Å²) in [7, 11) is 0. The molecule has 4 nitrogen and oxygen atoms in total. The maximum absolute atomic E-state index is 4.55. The summed E-state index contributed by atoms with van der Waals surface area (Å²) in [5.41, 5.74) is 0. The number of likely N-dealkylation sites (tertiary alicyclic amines) is 1. The van der Waals surface area contributed by atoms with Crippen molar-refractivity contribution in [3.05, 3.63) is 5.82 Å². The third-order valence-corrected chi connectivity index (χ3v) is 6.43. The Kier molecular flexibility index (Phi) is 5.45. The molecule has 0 amide bonds.